The number of hydrogen-bond donors (Lipinski definition) is 0. The highest BCUT2D eigenvalue weighted by molar-refractivity contribution is 7.18. The van der Waals surface area contributed by atoms with E-state index in [9.17, 15) is 0 Å². The summed E-state index contributed by atoms with van der Waals surface area (Å²) < 4.78 is 1.18. The van der Waals surface area contributed by atoms with Gasteiger partial charge in [0, 0.05) is 11.1 Å². The molecule has 0 unspecified atom stereocenters. The van der Waals surface area contributed by atoms with Crippen molar-refractivity contribution >= 4 is 21.7 Å². The first kappa shape index (κ1) is 9.59. The van der Waals surface area contributed by atoms with Gasteiger partial charge < -0.3 is 0 Å². The Kier molecular flexibility index (Phi) is 2.07. The van der Waals surface area contributed by atoms with E-state index in [0.717, 1.165) is 16.3 Å². The monoisotopic (exact) mass is 206 g/mol. The molecule has 2 nitrogen and oxygen atoms in total. The summed E-state index contributed by atoms with van der Waals surface area (Å²) in [6, 6.07) is 4.14. The van der Waals surface area contributed by atoms with Crippen LogP contribution < -0.4 is 0 Å². The van der Waals surface area contributed by atoms with Gasteiger partial charge in [-0.2, -0.15) is 0 Å². The lowest BCUT2D eigenvalue weighted by Crippen LogP contribution is -2.09. The van der Waals surface area contributed by atoms with E-state index in [4.69, 9.17) is 0 Å². The first-order valence-corrected chi connectivity index (χ1v) is 5.53. The van der Waals surface area contributed by atoms with Gasteiger partial charge >= 0.3 is 0 Å². The number of rotatable bonds is 0. The molecule has 0 bridgehead atoms. The van der Waals surface area contributed by atoms with Gasteiger partial charge in [-0.15, -0.1) is 11.3 Å². The van der Waals surface area contributed by atoms with Gasteiger partial charge in [0.15, 0.2) is 5.65 Å². The fourth-order valence-electron chi connectivity index (χ4n) is 1.23. The van der Waals surface area contributed by atoms with Gasteiger partial charge in [-0.05, 0) is 19.1 Å². The Morgan fingerprint density at radius 1 is 1.14 bits per heavy atom. The van der Waals surface area contributed by atoms with Gasteiger partial charge in [-0.3, -0.25) is 0 Å². The van der Waals surface area contributed by atoms with Crippen LogP contribution in [0.25, 0.3) is 10.3 Å². The summed E-state index contributed by atoms with van der Waals surface area (Å²) in [4.78, 5) is 8.96. The van der Waals surface area contributed by atoms with E-state index in [1.165, 1.54) is 4.70 Å². The van der Waals surface area contributed by atoms with Crippen molar-refractivity contribution < 1.29 is 0 Å². The number of aromatic nitrogens is 2. The Bertz CT molecular complexity index is 466. The lowest BCUT2D eigenvalue weighted by Gasteiger charge is -2.12. The van der Waals surface area contributed by atoms with Crippen molar-refractivity contribution in [1.82, 2.24) is 9.97 Å². The maximum atomic E-state index is 4.55. The van der Waals surface area contributed by atoms with E-state index >= 15 is 0 Å². The molecule has 0 aromatic carbocycles. The van der Waals surface area contributed by atoms with Crippen molar-refractivity contribution in [2.75, 3.05) is 0 Å². The third-order valence-corrected chi connectivity index (χ3v) is 3.47. The molecule has 2 aromatic heterocycles. The number of hydrogen-bond acceptors (Lipinski definition) is 3. The van der Waals surface area contributed by atoms with Gasteiger partial charge in [0.05, 0.1) is 4.70 Å². The van der Waals surface area contributed by atoms with Crippen molar-refractivity contribution in [2.45, 2.75) is 33.1 Å². The summed E-state index contributed by atoms with van der Waals surface area (Å²) in [7, 11) is 0. The van der Waals surface area contributed by atoms with Crippen LogP contribution in [0.4, 0.5) is 0 Å². The fourth-order valence-corrected chi connectivity index (χ4v) is 2.20. The third-order valence-electron chi connectivity index (χ3n) is 2.03. The maximum absolute atomic E-state index is 4.55. The summed E-state index contributed by atoms with van der Waals surface area (Å²) in [5.74, 6) is 0. The van der Waals surface area contributed by atoms with E-state index in [0.29, 0.717) is 0 Å². The molecule has 14 heavy (non-hydrogen) atoms. The van der Waals surface area contributed by atoms with Crippen LogP contribution in [0.15, 0.2) is 12.1 Å². The number of thiazole rings is 1. The lowest BCUT2D eigenvalue weighted by molar-refractivity contribution is 0.586. The molecule has 0 radical (unpaired) electrons. The highest BCUT2D eigenvalue weighted by atomic mass is 32.1. The molecule has 0 fully saturated rings. The summed E-state index contributed by atoms with van der Waals surface area (Å²) in [5, 5.41) is 1.16. The normalized spacial score (nSPS) is 12.3. The van der Waals surface area contributed by atoms with Gasteiger partial charge in [0.1, 0.15) is 5.01 Å². The second kappa shape index (κ2) is 3.02. The van der Waals surface area contributed by atoms with Gasteiger partial charge in [0.2, 0.25) is 0 Å². The smallest absolute Gasteiger partial charge is 0.170 e. The second-order valence-corrected chi connectivity index (χ2v) is 5.57. The first-order valence-electron chi connectivity index (χ1n) is 4.71. The maximum Gasteiger partial charge on any atom is 0.170 e. The van der Waals surface area contributed by atoms with Crippen LogP contribution in [0.1, 0.15) is 31.5 Å². The van der Waals surface area contributed by atoms with Crippen molar-refractivity contribution in [1.29, 1.82) is 0 Å². The lowest BCUT2D eigenvalue weighted by atomic mass is 9.98. The minimum absolute atomic E-state index is 0.124. The van der Waals surface area contributed by atoms with E-state index in [1.807, 2.05) is 13.0 Å². The third kappa shape index (κ3) is 1.64. The van der Waals surface area contributed by atoms with E-state index in [2.05, 4.69) is 36.8 Å². The Labute approximate surface area is 88.0 Å². The molecule has 74 valence electrons. The molecule has 0 aliphatic carbocycles. The Balaban J connectivity index is 2.63. The van der Waals surface area contributed by atoms with Gasteiger partial charge in [-0.25, -0.2) is 9.97 Å². The number of nitrogens with zero attached hydrogens (tertiary/aromatic N) is 2. The van der Waals surface area contributed by atoms with Crippen LogP contribution in [0.5, 0.6) is 0 Å². The highest BCUT2D eigenvalue weighted by Gasteiger charge is 2.18. The predicted octanol–water partition coefficient (Wildman–Crippen LogP) is 3.30. The van der Waals surface area contributed by atoms with Crippen LogP contribution in [0, 0.1) is 6.92 Å². The van der Waals surface area contributed by atoms with Crippen LogP contribution in [-0.4, -0.2) is 9.97 Å². The van der Waals surface area contributed by atoms with Crippen molar-refractivity contribution in [3.63, 3.8) is 0 Å². The molecule has 3 heteroatoms. The van der Waals surface area contributed by atoms with Gasteiger partial charge in [-0.1, -0.05) is 20.8 Å². The predicted molar refractivity (Wildman–Crippen MR) is 60.9 cm³/mol. The minimum Gasteiger partial charge on any atom is -0.233 e. The molecule has 0 aliphatic heterocycles. The second-order valence-electron chi connectivity index (χ2n) is 4.54. The molecule has 0 saturated heterocycles. The van der Waals surface area contributed by atoms with Crippen molar-refractivity contribution in [3.05, 3.63) is 22.8 Å². The van der Waals surface area contributed by atoms with Crippen molar-refractivity contribution in [2.24, 2.45) is 0 Å². The molecule has 0 amide bonds. The summed E-state index contributed by atoms with van der Waals surface area (Å²) in [5.41, 5.74) is 2.04. The Morgan fingerprint density at radius 3 is 2.50 bits per heavy atom. The SMILES string of the molecule is Cc1ccc2sc(C(C)(C)C)nc2n1. The standard InChI is InChI=1S/C11H14N2S/c1-7-5-6-8-9(12-7)13-10(14-8)11(2,3)4/h5-6H,1-4H3. The minimum atomic E-state index is 0.124. The molecule has 0 N–H and O–H groups in total. The Morgan fingerprint density at radius 2 is 1.86 bits per heavy atom. The molecule has 0 aliphatic rings. The average Bonchev–Trinajstić information content (AvgIpc) is 2.45. The fraction of sp³-hybridized carbons (Fsp3) is 0.455. The van der Waals surface area contributed by atoms with Crippen LogP contribution in [0.3, 0.4) is 0 Å². The molecule has 2 rings (SSSR count). The number of fused-ring (bicyclic) bond motifs is 1. The number of pyridine rings is 1. The van der Waals surface area contributed by atoms with E-state index in [1.54, 1.807) is 11.3 Å². The van der Waals surface area contributed by atoms with E-state index in [-0.39, 0.29) is 5.41 Å². The zero-order valence-electron chi connectivity index (χ0n) is 8.96. The largest absolute Gasteiger partial charge is 0.233 e. The highest BCUT2D eigenvalue weighted by Crippen LogP contribution is 2.30. The summed E-state index contributed by atoms with van der Waals surface area (Å²) in [6.45, 7) is 8.53. The van der Waals surface area contributed by atoms with Crippen molar-refractivity contribution in [3.8, 4) is 0 Å². The molecule has 0 spiro atoms. The summed E-state index contributed by atoms with van der Waals surface area (Å²) >= 11 is 1.74. The molecule has 2 aromatic rings. The van der Waals surface area contributed by atoms with Crippen LogP contribution in [0.2, 0.25) is 0 Å². The van der Waals surface area contributed by atoms with Crippen LogP contribution >= 0.6 is 11.3 Å². The van der Waals surface area contributed by atoms with E-state index < -0.39 is 0 Å². The molecule has 0 atom stereocenters. The topological polar surface area (TPSA) is 25.8 Å². The Hall–Kier alpha value is -0.960. The molecule has 0 saturated carbocycles. The van der Waals surface area contributed by atoms with Crippen LogP contribution in [-0.2, 0) is 5.41 Å². The zero-order chi connectivity index (χ0) is 10.3. The molecular formula is C11H14N2S. The first-order chi connectivity index (χ1) is 6.47. The molecular weight excluding hydrogens is 192 g/mol. The molecule has 2 heterocycles. The zero-order valence-corrected chi connectivity index (χ0v) is 9.77. The number of aryl methyl sites for hydroxylation is 1. The summed E-state index contributed by atoms with van der Waals surface area (Å²) in [6.07, 6.45) is 0. The average molecular weight is 206 g/mol. The van der Waals surface area contributed by atoms with Gasteiger partial charge in [0.25, 0.3) is 0 Å². The quantitative estimate of drug-likeness (QED) is 0.661.